The van der Waals surface area contributed by atoms with Crippen molar-refractivity contribution in [2.24, 2.45) is 0 Å². The second-order valence-electron chi connectivity index (χ2n) is 4.80. The molecule has 6 heteroatoms. The van der Waals surface area contributed by atoms with Crippen molar-refractivity contribution in [2.45, 2.75) is 12.8 Å². The first-order valence-electron chi connectivity index (χ1n) is 6.80. The van der Waals surface area contributed by atoms with E-state index in [1.54, 1.807) is 12.1 Å². The summed E-state index contributed by atoms with van der Waals surface area (Å²) in [5, 5.41) is 2.75. The first-order chi connectivity index (χ1) is 10.6. The van der Waals surface area contributed by atoms with Crippen LogP contribution in [0.25, 0.3) is 0 Å². The zero-order valence-corrected chi connectivity index (χ0v) is 13.6. The largest absolute Gasteiger partial charge is 0.451 e. The monoisotopic (exact) mass is 337 g/mol. The number of hydrogen-bond acceptors (Lipinski definition) is 4. The smallest absolute Gasteiger partial charge is 0.348 e. The molecule has 1 aromatic heterocycles. The molecule has 0 spiro atoms. The predicted octanol–water partition coefficient (Wildman–Crippen LogP) is 3.48. The molecule has 2 aromatic rings. The maximum absolute atomic E-state index is 11.7. The number of ether oxygens (including phenoxy) is 1. The Labute approximate surface area is 138 Å². The van der Waals surface area contributed by atoms with Crippen LogP contribution in [0.2, 0.25) is 4.34 Å². The van der Waals surface area contributed by atoms with Crippen LogP contribution in [0.1, 0.15) is 28.1 Å². The van der Waals surface area contributed by atoms with Crippen molar-refractivity contribution in [1.82, 2.24) is 5.32 Å². The number of esters is 1. The molecule has 1 N–H and O–H groups in total. The van der Waals surface area contributed by atoms with E-state index < -0.39 is 5.97 Å². The number of thiophene rings is 1. The predicted molar refractivity (Wildman–Crippen MR) is 87.5 cm³/mol. The highest BCUT2D eigenvalue weighted by Gasteiger charge is 2.13. The van der Waals surface area contributed by atoms with Gasteiger partial charge in [0.1, 0.15) is 4.88 Å². The number of hydrogen-bond donors (Lipinski definition) is 1. The number of halogens is 1. The van der Waals surface area contributed by atoms with Gasteiger partial charge >= 0.3 is 5.97 Å². The van der Waals surface area contributed by atoms with Crippen molar-refractivity contribution in [3.05, 3.63) is 57.2 Å². The Hall–Kier alpha value is -1.85. The third-order valence-electron chi connectivity index (χ3n) is 3.08. The van der Waals surface area contributed by atoms with Crippen LogP contribution in [-0.2, 0) is 9.53 Å². The number of benzene rings is 1. The molecule has 22 heavy (non-hydrogen) atoms. The minimum Gasteiger partial charge on any atom is -0.451 e. The third-order valence-corrected chi connectivity index (χ3v) is 4.29. The summed E-state index contributed by atoms with van der Waals surface area (Å²) in [6.45, 7) is 2.22. The molecule has 1 heterocycles. The van der Waals surface area contributed by atoms with Gasteiger partial charge in [-0.1, -0.05) is 48.9 Å². The van der Waals surface area contributed by atoms with Crippen LogP contribution in [0, 0.1) is 0 Å². The highest BCUT2D eigenvalue weighted by atomic mass is 35.5. The van der Waals surface area contributed by atoms with E-state index in [9.17, 15) is 9.59 Å². The topological polar surface area (TPSA) is 55.4 Å². The van der Waals surface area contributed by atoms with Crippen molar-refractivity contribution in [2.75, 3.05) is 13.2 Å². The summed E-state index contributed by atoms with van der Waals surface area (Å²) < 4.78 is 5.45. The summed E-state index contributed by atoms with van der Waals surface area (Å²) in [6.07, 6.45) is 0. The summed E-state index contributed by atoms with van der Waals surface area (Å²) in [6, 6.07) is 13.1. The van der Waals surface area contributed by atoms with Gasteiger partial charge in [0.15, 0.2) is 6.61 Å². The van der Waals surface area contributed by atoms with Gasteiger partial charge in [-0.15, -0.1) is 11.3 Å². The SMILES string of the molecule is C[C@H](CNC(=O)COC(=O)c1ccc(Cl)s1)c1ccccc1. The van der Waals surface area contributed by atoms with Crippen molar-refractivity contribution in [3.63, 3.8) is 0 Å². The van der Waals surface area contributed by atoms with Gasteiger partial charge < -0.3 is 10.1 Å². The van der Waals surface area contributed by atoms with Crippen LogP contribution in [0.15, 0.2) is 42.5 Å². The molecule has 0 unspecified atom stereocenters. The van der Waals surface area contributed by atoms with E-state index in [-0.39, 0.29) is 18.4 Å². The standard InChI is InChI=1S/C16H16ClNO3S/c1-11(12-5-3-2-4-6-12)9-18-15(19)10-21-16(20)13-7-8-14(17)22-13/h2-8,11H,9-10H2,1H3,(H,18,19)/t11-/m1/s1. The van der Waals surface area contributed by atoms with Crippen molar-refractivity contribution < 1.29 is 14.3 Å². The lowest BCUT2D eigenvalue weighted by Crippen LogP contribution is -2.31. The molecule has 0 saturated heterocycles. The highest BCUT2D eigenvalue weighted by Crippen LogP contribution is 2.21. The molecule has 0 saturated carbocycles. The maximum atomic E-state index is 11.7. The molecule has 2 rings (SSSR count). The van der Waals surface area contributed by atoms with Crippen molar-refractivity contribution in [1.29, 1.82) is 0 Å². The van der Waals surface area contributed by atoms with Gasteiger partial charge in [0.05, 0.1) is 4.34 Å². The molecule has 0 radical (unpaired) electrons. The van der Waals surface area contributed by atoms with Gasteiger partial charge in [-0.3, -0.25) is 4.79 Å². The Morgan fingerprint density at radius 1 is 1.23 bits per heavy atom. The van der Waals surface area contributed by atoms with Crippen LogP contribution in [-0.4, -0.2) is 25.0 Å². The van der Waals surface area contributed by atoms with Crippen molar-refractivity contribution >= 4 is 34.8 Å². The van der Waals surface area contributed by atoms with Gasteiger partial charge in [0, 0.05) is 6.54 Å². The molecule has 0 bridgehead atoms. The summed E-state index contributed by atoms with van der Waals surface area (Å²) in [5.41, 5.74) is 1.15. The van der Waals surface area contributed by atoms with E-state index in [0.717, 1.165) is 16.9 Å². The molecule has 4 nitrogen and oxygen atoms in total. The van der Waals surface area contributed by atoms with E-state index in [2.05, 4.69) is 5.32 Å². The van der Waals surface area contributed by atoms with Crippen molar-refractivity contribution in [3.8, 4) is 0 Å². The second-order valence-corrected chi connectivity index (χ2v) is 6.51. The van der Waals surface area contributed by atoms with E-state index in [1.807, 2.05) is 37.3 Å². The zero-order chi connectivity index (χ0) is 15.9. The quantitative estimate of drug-likeness (QED) is 0.821. The zero-order valence-electron chi connectivity index (χ0n) is 12.0. The van der Waals surface area contributed by atoms with E-state index in [4.69, 9.17) is 16.3 Å². The summed E-state index contributed by atoms with van der Waals surface area (Å²) in [5.74, 6) is -0.668. The minimum atomic E-state index is -0.539. The van der Waals surface area contributed by atoms with Crippen LogP contribution in [0.4, 0.5) is 0 Å². The molecule has 1 aromatic carbocycles. The Bertz CT molecular complexity index is 642. The number of carbonyl (C=O) groups is 2. The molecular formula is C16H16ClNO3S. The van der Waals surface area contributed by atoms with Gasteiger partial charge in [0.25, 0.3) is 5.91 Å². The average Bonchev–Trinajstić information content (AvgIpc) is 2.97. The lowest BCUT2D eigenvalue weighted by molar-refractivity contribution is -0.124. The number of carbonyl (C=O) groups excluding carboxylic acids is 2. The fraction of sp³-hybridized carbons (Fsp3) is 0.250. The molecule has 0 aliphatic rings. The molecule has 1 amide bonds. The highest BCUT2D eigenvalue weighted by molar-refractivity contribution is 7.17. The Kier molecular flexibility index (Phi) is 5.98. The first kappa shape index (κ1) is 16.5. The molecule has 1 atom stereocenters. The average molecular weight is 338 g/mol. The van der Waals surface area contributed by atoms with Gasteiger partial charge in [-0.25, -0.2) is 4.79 Å². The van der Waals surface area contributed by atoms with Gasteiger partial charge in [0.2, 0.25) is 0 Å². The second kappa shape index (κ2) is 7.96. The van der Waals surface area contributed by atoms with Crippen LogP contribution in [0.5, 0.6) is 0 Å². The minimum absolute atomic E-state index is 0.192. The molecule has 0 fully saturated rings. The van der Waals surface area contributed by atoms with E-state index in [0.29, 0.717) is 15.8 Å². The fourth-order valence-electron chi connectivity index (χ4n) is 1.84. The lowest BCUT2D eigenvalue weighted by Gasteiger charge is -2.13. The Morgan fingerprint density at radius 2 is 1.95 bits per heavy atom. The summed E-state index contributed by atoms with van der Waals surface area (Å²) in [7, 11) is 0. The maximum Gasteiger partial charge on any atom is 0.348 e. The van der Waals surface area contributed by atoms with Gasteiger partial charge in [-0.2, -0.15) is 0 Å². The molecular weight excluding hydrogens is 322 g/mol. The summed E-state index contributed by atoms with van der Waals surface area (Å²) >= 11 is 6.86. The van der Waals surface area contributed by atoms with E-state index >= 15 is 0 Å². The third kappa shape index (κ3) is 4.86. The van der Waals surface area contributed by atoms with Crippen LogP contribution < -0.4 is 5.32 Å². The number of rotatable bonds is 6. The van der Waals surface area contributed by atoms with Crippen LogP contribution in [0.3, 0.4) is 0 Å². The number of nitrogens with one attached hydrogen (secondary N) is 1. The first-order valence-corrected chi connectivity index (χ1v) is 8.00. The Morgan fingerprint density at radius 3 is 2.59 bits per heavy atom. The lowest BCUT2D eigenvalue weighted by atomic mass is 10.0. The molecule has 0 aliphatic heterocycles. The van der Waals surface area contributed by atoms with Gasteiger partial charge in [-0.05, 0) is 23.6 Å². The summed E-state index contributed by atoms with van der Waals surface area (Å²) in [4.78, 5) is 23.8. The molecule has 116 valence electrons. The normalized spacial score (nSPS) is 11.7. The Balaban J connectivity index is 1.73. The van der Waals surface area contributed by atoms with Crippen LogP contribution >= 0.6 is 22.9 Å². The number of amides is 1. The fourth-order valence-corrected chi connectivity index (χ4v) is 2.78. The molecule has 0 aliphatic carbocycles. The van der Waals surface area contributed by atoms with E-state index in [1.165, 1.54) is 0 Å².